The van der Waals surface area contributed by atoms with Gasteiger partial charge in [-0.15, -0.1) is 10.2 Å². The maximum Gasteiger partial charge on any atom is 0.256 e. The number of carbonyl (C=O) groups is 1. The molecule has 0 aliphatic rings. The highest BCUT2D eigenvalue weighted by atomic mass is 19.1. The highest BCUT2D eigenvalue weighted by Gasteiger charge is 2.08. The summed E-state index contributed by atoms with van der Waals surface area (Å²) in [5.74, 6) is -0.134. The fourth-order valence-electron chi connectivity index (χ4n) is 2.08. The van der Waals surface area contributed by atoms with Crippen LogP contribution in [0.2, 0.25) is 0 Å². The van der Waals surface area contributed by atoms with Crippen molar-refractivity contribution in [2.75, 3.05) is 10.6 Å². The zero-order valence-corrected chi connectivity index (χ0v) is 12.9. The van der Waals surface area contributed by atoms with Crippen molar-refractivity contribution in [2.24, 2.45) is 0 Å². The number of nitrogens with one attached hydrogen (secondary N) is 2. The molecule has 6 nitrogen and oxygen atoms in total. The van der Waals surface area contributed by atoms with Gasteiger partial charge in [0.15, 0.2) is 11.6 Å². The van der Waals surface area contributed by atoms with Gasteiger partial charge in [0.1, 0.15) is 11.9 Å². The minimum atomic E-state index is -0.413. The van der Waals surface area contributed by atoms with Gasteiger partial charge >= 0.3 is 0 Å². The third kappa shape index (κ3) is 3.95. The van der Waals surface area contributed by atoms with Crippen molar-refractivity contribution in [3.63, 3.8) is 0 Å². The Balaban J connectivity index is 1.69. The van der Waals surface area contributed by atoms with Gasteiger partial charge in [0.25, 0.3) is 5.91 Å². The number of para-hydroxylation sites is 1. The van der Waals surface area contributed by atoms with Crippen molar-refractivity contribution in [2.45, 2.75) is 0 Å². The number of hydrogen-bond acceptors (Lipinski definition) is 5. The van der Waals surface area contributed by atoms with Gasteiger partial charge in [-0.05, 0) is 48.5 Å². The first-order valence-electron chi connectivity index (χ1n) is 7.32. The topological polar surface area (TPSA) is 90.7 Å². The van der Waals surface area contributed by atoms with Crippen LogP contribution in [0, 0.1) is 17.1 Å². The standard InChI is InChI=1S/C18H12FN5O/c19-14-7-5-12(6-8-14)18(25)22-17-10-9-16(23-24-17)21-15-4-2-1-3-13(15)11-20/h1-10H,(H,21,23)(H,22,24,25). The summed E-state index contributed by atoms with van der Waals surface area (Å²) in [5, 5.41) is 22.5. The van der Waals surface area contributed by atoms with Crippen LogP contribution in [0.25, 0.3) is 0 Å². The van der Waals surface area contributed by atoms with Gasteiger partial charge in [0.2, 0.25) is 0 Å². The van der Waals surface area contributed by atoms with E-state index in [0.29, 0.717) is 22.6 Å². The number of benzene rings is 2. The second-order valence-electron chi connectivity index (χ2n) is 5.05. The van der Waals surface area contributed by atoms with Crippen molar-refractivity contribution in [1.29, 1.82) is 5.26 Å². The predicted molar refractivity (Wildman–Crippen MR) is 90.8 cm³/mol. The molecule has 25 heavy (non-hydrogen) atoms. The molecular formula is C18H12FN5O. The van der Waals surface area contributed by atoms with Gasteiger partial charge < -0.3 is 10.6 Å². The largest absolute Gasteiger partial charge is 0.338 e. The molecule has 0 bridgehead atoms. The molecule has 7 heteroatoms. The van der Waals surface area contributed by atoms with Gasteiger partial charge in [-0.3, -0.25) is 4.79 Å². The number of halogens is 1. The summed E-state index contributed by atoms with van der Waals surface area (Å²) in [5.41, 5.74) is 1.41. The lowest BCUT2D eigenvalue weighted by Gasteiger charge is -2.08. The molecule has 0 aliphatic heterocycles. The molecule has 0 unspecified atom stereocenters. The molecule has 0 aliphatic carbocycles. The van der Waals surface area contributed by atoms with Crippen LogP contribution in [0.1, 0.15) is 15.9 Å². The summed E-state index contributed by atoms with van der Waals surface area (Å²) in [7, 11) is 0. The molecule has 3 aromatic rings. The number of rotatable bonds is 4. The van der Waals surface area contributed by atoms with E-state index in [1.54, 1.807) is 36.4 Å². The number of nitriles is 1. The van der Waals surface area contributed by atoms with E-state index in [4.69, 9.17) is 5.26 Å². The van der Waals surface area contributed by atoms with E-state index < -0.39 is 11.7 Å². The van der Waals surface area contributed by atoms with Crippen molar-refractivity contribution >= 4 is 23.2 Å². The molecular weight excluding hydrogens is 321 g/mol. The van der Waals surface area contributed by atoms with Crippen molar-refractivity contribution in [3.05, 3.63) is 77.6 Å². The number of anilines is 3. The molecule has 0 fully saturated rings. The Bertz CT molecular complexity index is 933. The molecule has 1 aromatic heterocycles. The van der Waals surface area contributed by atoms with Crippen molar-refractivity contribution < 1.29 is 9.18 Å². The van der Waals surface area contributed by atoms with Crippen LogP contribution in [0.5, 0.6) is 0 Å². The number of nitrogens with zero attached hydrogens (tertiary/aromatic N) is 3. The molecule has 2 N–H and O–H groups in total. The monoisotopic (exact) mass is 333 g/mol. The maximum atomic E-state index is 12.9. The lowest BCUT2D eigenvalue weighted by atomic mass is 10.2. The zero-order valence-electron chi connectivity index (χ0n) is 12.9. The predicted octanol–water partition coefficient (Wildman–Crippen LogP) is 3.48. The summed E-state index contributed by atoms with van der Waals surface area (Å²) < 4.78 is 12.9. The van der Waals surface area contributed by atoms with Gasteiger partial charge in [-0.2, -0.15) is 5.26 Å². The Morgan fingerprint density at radius 1 is 0.960 bits per heavy atom. The smallest absolute Gasteiger partial charge is 0.256 e. The van der Waals surface area contributed by atoms with Crippen LogP contribution in [0.3, 0.4) is 0 Å². The third-order valence-corrected chi connectivity index (χ3v) is 3.32. The van der Waals surface area contributed by atoms with Gasteiger partial charge in [0.05, 0.1) is 11.3 Å². The number of amides is 1. The summed E-state index contributed by atoms with van der Waals surface area (Å²) in [6.45, 7) is 0. The lowest BCUT2D eigenvalue weighted by Crippen LogP contribution is -2.13. The highest BCUT2D eigenvalue weighted by molar-refractivity contribution is 6.03. The van der Waals surface area contributed by atoms with E-state index in [2.05, 4.69) is 26.9 Å². The van der Waals surface area contributed by atoms with E-state index in [0.717, 1.165) is 0 Å². The fraction of sp³-hybridized carbons (Fsp3) is 0. The summed E-state index contributed by atoms with van der Waals surface area (Å²) >= 11 is 0. The van der Waals surface area contributed by atoms with Crippen LogP contribution >= 0.6 is 0 Å². The molecule has 1 amide bonds. The van der Waals surface area contributed by atoms with Crippen LogP contribution in [-0.4, -0.2) is 16.1 Å². The highest BCUT2D eigenvalue weighted by Crippen LogP contribution is 2.19. The quantitative estimate of drug-likeness (QED) is 0.763. The number of carbonyl (C=O) groups excluding carboxylic acids is 1. The Morgan fingerprint density at radius 3 is 2.32 bits per heavy atom. The SMILES string of the molecule is N#Cc1ccccc1Nc1ccc(NC(=O)c2ccc(F)cc2)nn1. The van der Waals surface area contributed by atoms with Crippen molar-refractivity contribution in [3.8, 4) is 6.07 Å². The molecule has 1 heterocycles. The first kappa shape index (κ1) is 16.1. The van der Waals surface area contributed by atoms with E-state index in [1.165, 1.54) is 24.3 Å². The average molecular weight is 333 g/mol. The third-order valence-electron chi connectivity index (χ3n) is 3.32. The normalized spacial score (nSPS) is 9.92. The minimum Gasteiger partial charge on any atom is -0.338 e. The number of aromatic nitrogens is 2. The molecule has 122 valence electrons. The van der Waals surface area contributed by atoms with E-state index in [9.17, 15) is 9.18 Å². The number of hydrogen-bond donors (Lipinski definition) is 2. The second-order valence-corrected chi connectivity index (χ2v) is 5.05. The summed E-state index contributed by atoms with van der Waals surface area (Å²) in [6.07, 6.45) is 0. The Labute approximate surface area is 143 Å². The van der Waals surface area contributed by atoms with Crippen LogP contribution in [-0.2, 0) is 0 Å². The van der Waals surface area contributed by atoms with Crippen molar-refractivity contribution in [1.82, 2.24) is 10.2 Å². The molecule has 3 rings (SSSR count). The van der Waals surface area contributed by atoms with Gasteiger partial charge in [-0.1, -0.05) is 12.1 Å². The average Bonchev–Trinajstić information content (AvgIpc) is 2.64. The Morgan fingerprint density at radius 2 is 1.64 bits per heavy atom. The van der Waals surface area contributed by atoms with E-state index in [1.807, 2.05) is 0 Å². The zero-order chi connectivity index (χ0) is 17.6. The molecule has 0 atom stereocenters. The Kier molecular flexibility index (Phi) is 4.62. The Hall–Kier alpha value is -3.79. The molecule has 2 aromatic carbocycles. The second kappa shape index (κ2) is 7.19. The summed E-state index contributed by atoms with van der Waals surface area (Å²) in [4.78, 5) is 12.0. The molecule has 0 saturated heterocycles. The molecule has 0 saturated carbocycles. The molecule has 0 radical (unpaired) electrons. The van der Waals surface area contributed by atoms with Crippen LogP contribution in [0.15, 0.2) is 60.7 Å². The van der Waals surface area contributed by atoms with Crippen LogP contribution < -0.4 is 10.6 Å². The lowest BCUT2D eigenvalue weighted by molar-refractivity contribution is 0.102. The first-order chi connectivity index (χ1) is 12.2. The summed E-state index contributed by atoms with van der Waals surface area (Å²) in [6, 6.07) is 17.5. The van der Waals surface area contributed by atoms with Gasteiger partial charge in [-0.25, -0.2) is 4.39 Å². The van der Waals surface area contributed by atoms with Crippen LogP contribution in [0.4, 0.5) is 21.7 Å². The maximum absolute atomic E-state index is 12.9. The van der Waals surface area contributed by atoms with Gasteiger partial charge in [0, 0.05) is 5.56 Å². The first-order valence-corrected chi connectivity index (χ1v) is 7.32. The fourth-order valence-corrected chi connectivity index (χ4v) is 2.08. The van der Waals surface area contributed by atoms with E-state index in [-0.39, 0.29) is 5.82 Å². The minimum absolute atomic E-state index is 0.258. The molecule has 0 spiro atoms. The van der Waals surface area contributed by atoms with E-state index >= 15 is 0 Å².